The molecular formula is C13H23N3S. The quantitative estimate of drug-likeness (QED) is 0.765. The highest BCUT2D eigenvalue weighted by atomic mass is 32.1. The van der Waals surface area contributed by atoms with Crippen molar-refractivity contribution in [2.24, 2.45) is 5.73 Å². The number of aromatic nitrogens is 1. The molecule has 3 nitrogen and oxygen atoms in total. The van der Waals surface area contributed by atoms with E-state index < -0.39 is 0 Å². The van der Waals surface area contributed by atoms with Crippen molar-refractivity contribution in [1.29, 1.82) is 0 Å². The number of nitrogens with two attached hydrogens (primary N) is 1. The standard InChI is InChI=1S/C13H23N3S/c1-11-10-17-12(16-11)4-8-15-9-7-13(14)5-2-3-6-13/h10,15H,2-9,14H2,1H3. The SMILES string of the molecule is Cc1csc(CCNCCC2(N)CCCC2)n1. The largest absolute Gasteiger partial charge is 0.325 e. The number of nitrogens with zero attached hydrogens (tertiary/aromatic N) is 1. The number of aryl methyl sites for hydroxylation is 1. The molecule has 17 heavy (non-hydrogen) atoms. The molecule has 1 saturated carbocycles. The molecule has 0 amide bonds. The summed E-state index contributed by atoms with van der Waals surface area (Å²) in [5, 5.41) is 6.83. The number of rotatable bonds is 6. The summed E-state index contributed by atoms with van der Waals surface area (Å²) in [5.74, 6) is 0. The Labute approximate surface area is 108 Å². The highest BCUT2D eigenvalue weighted by Crippen LogP contribution is 2.29. The van der Waals surface area contributed by atoms with Crippen molar-refractivity contribution < 1.29 is 0 Å². The fourth-order valence-corrected chi connectivity index (χ4v) is 3.28. The van der Waals surface area contributed by atoms with Gasteiger partial charge in [-0.3, -0.25) is 0 Å². The summed E-state index contributed by atoms with van der Waals surface area (Å²) in [7, 11) is 0. The molecule has 1 aromatic rings. The van der Waals surface area contributed by atoms with Crippen LogP contribution in [0.2, 0.25) is 0 Å². The van der Waals surface area contributed by atoms with E-state index in [1.54, 1.807) is 11.3 Å². The average molecular weight is 253 g/mol. The molecule has 3 N–H and O–H groups in total. The lowest BCUT2D eigenvalue weighted by Gasteiger charge is -2.23. The first-order chi connectivity index (χ1) is 8.18. The van der Waals surface area contributed by atoms with E-state index in [0.717, 1.165) is 31.6 Å². The van der Waals surface area contributed by atoms with Gasteiger partial charge in [0.1, 0.15) is 0 Å². The van der Waals surface area contributed by atoms with Gasteiger partial charge in [0.2, 0.25) is 0 Å². The Balaban J connectivity index is 1.57. The number of hydrogen-bond acceptors (Lipinski definition) is 4. The first kappa shape index (κ1) is 13.0. The van der Waals surface area contributed by atoms with Crippen LogP contribution in [-0.2, 0) is 6.42 Å². The first-order valence-electron chi connectivity index (χ1n) is 6.59. The van der Waals surface area contributed by atoms with Crippen LogP contribution in [0.15, 0.2) is 5.38 Å². The van der Waals surface area contributed by atoms with Crippen LogP contribution in [-0.4, -0.2) is 23.6 Å². The van der Waals surface area contributed by atoms with Crippen LogP contribution >= 0.6 is 11.3 Å². The minimum Gasteiger partial charge on any atom is -0.325 e. The Kier molecular flexibility index (Phi) is 4.54. The molecule has 1 aliphatic carbocycles. The van der Waals surface area contributed by atoms with Crippen LogP contribution in [0, 0.1) is 6.92 Å². The lowest BCUT2D eigenvalue weighted by molar-refractivity contribution is 0.394. The third kappa shape index (κ3) is 4.05. The third-order valence-electron chi connectivity index (χ3n) is 3.58. The minimum atomic E-state index is 0.130. The lowest BCUT2D eigenvalue weighted by atomic mass is 9.95. The summed E-state index contributed by atoms with van der Waals surface area (Å²) in [6, 6.07) is 0. The summed E-state index contributed by atoms with van der Waals surface area (Å²) < 4.78 is 0. The van der Waals surface area contributed by atoms with Gasteiger partial charge < -0.3 is 11.1 Å². The predicted octanol–water partition coefficient (Wildman–Crippen LogP) is 2.25. The van der Waals surface area contributed by atoms with E-state index in [1.165, 1.54) is 30.7 Å². The van der Waals surface area contributed by atoms with E-state index >= 15 is 0 Å². The monoisotopic (exact) mass is 253 g/mol. The molecule has 0 radical (unpaired) electrons. The maximum atomic E-state index is 6.31. The topological polar surface area (TPSA) is 50.9 Å². The Hall–Kier alpha value is -0.450. The fraction of sp³-hybridized carbons (Fsp3) is 0.769. The zero-order valence-corrected chi connectivity index (χ0v) is 11.5. The zero-order chi connectivity index (χ0) is 12.1. The first-order valence-corrected chi connectivity index (χ1v) is 7.47. The molecule has 1 heterocycles. The minimum absolute atomic E-state index is 0.130. The van der Waals surface area contributed by atoms with Crippen molar-refractivity contribution >= 4 is 11.3 Å². The van der Waals surface area contributed by atoms with Crippen molar-refractivity contribution in [3.63, 3.8) is 0 Å². The molecule has 0 atom stereocenters. The Morgan fingerprint density at radius 2 is 2.18 bits per heavy atom. The molecule has 0 bridgehead atoms. The summed E-state index contributed by atoms with van der Waals surface area (Å²) in [5.41, 5.74) is 7.57. The van der Waals surface area contributed by atoms with Crippen molar-refractivity contribution in [2.75, 3.05) is 13.1 Å². The van der Waals surface area contributed by atoms with E-state index in [1.807, 2.05) is 6.92 Å². The molecule has 1 aromatic heterocycles. The Morgan fingerprint density at radius 1 is 1.41 bits per heavy atom. The van der Waals surface area contributed by atoms with Gasteiger partial charge in [0.05, 0.1) is 5.01 Å². The van der Waals surface area contributed by atoms with Gasteiger partial charge in [0.25, 0.3) is 0 Å². The second-order valence-corrected chi connectivity index (χ2v) is 6.14. The summed E-state index contributed by atoms with van der Waals surface area (Å²) in [4.78, 5) is 4.45. The van der Waals surface area contributed by atoms with Crippen molar-refractivity contribution in [1.82, 2.24) is 10.3 Å². The van der Waals surface area contributed by atoms with Gasteiger partial charge in [-0.1, -0.05) is 12.8 Å². The van der Waals surface area contributed by atoms with Gasteiger partial charge in [0, 0.05) is 29.6 Å². The summed E-state index contributed by atoms with van der Waals surface area (Å²) >= 11 is 1.76. The number of hydrogen-bond donors (Lipinski definition) is 2. The van der Waals surface area contributed by atoms with E-state index in [9.17, 15) is 0 Å². The average Bonchev–Trinajstić information content (AvgIpc) is 2.88. The van der Waals surface area contributed by atoms with E-state index in [-0.39, 0.29) is 5.54 Å². The van der Waals surface area contributed by atoms with E-state index in [0.29, 0.717) is 0 Å². The number of thiazole rings is 1. The molecule has 4 heteroatoms. The predicted molar refractivity (Wildman–Crippen MR) is 73.4 cm³/mol. The second kappa shape index (κ2) is 5.94. The van der Waals surface area contributed by atoms with Crippen LogP contribution < -0.4 is 11.1 Å². The number of nitrogens with one attached hydrogen (secondary N) is 1. The second-order valence-electron chi connectivity index (χ2n) is 5.20. The molecule has 1 fully saturated rings. The normalized spacial score (nSPS) is 18.7. The Morgan fingerprint density at radius 3 is 2.82 bits per heavy atom. The van der Waals surface area contributed by atoms with Crippen LogP contribution in [0.4, 0.5) is 0 Å². The molecule has 2 rings (SSSR count). The maximum Gasteiger partial charge on any atom is 0.0940 e. The van der Waals surface area contributed by atoms with Gasteiger partial charge in [-0.25, -0.2) is 4.98 Å². The fourth-order valence-electron chi connectivity index (χ4n) is 2.50. The van der Waals surface area contributed by atoms with E-state index in [4.69, 9.17) is 5.73 Å². The van der Waals surface area contributed by atoms with Crippen molar-refractivity contribution in [3.05, 3.63) is 16.1 Å². The van der Waals surface area contributed by atoms with E-state index in [2.05, 4.69) is 15.7 Å². The molecule has 0 saturated heterocycles. The molecule has 1 aliphatic rings. The molecular weight excluding hydrogens is 230 g/mol. The maximum absolute atomic E-state index is 6.31. The molecule has 0 unspecified atom stereocenters. The highest BCUT2D eigenvalue weighted by Gasteiger charge is 2.28. The summed E-state index contributed by atoms with van der Waals surface area (Å²) in [6.45, 7) is 4.11. The van der Waals surface area contributed by atoms with Crippen LogP contribution in [0.3, 0.4) is 0 Å². The molecule has 0 spiro atoms. The van der Waals surface area contributed by atoms with Crippen LogP contribution in [0.1, 0.15) is 42.8 Å². The van der Waals surface area contributed by atoms with Crippen molar-refractivity contribution in [3.8, 4) is 0 Å². The van der Waals surface area contributed by atoms with Gasteiger partial charge in [-0.2, -0.15) is 0 Å². The Bertz CT molecular complexity index is 342. The molecule has 0 aromatic carbocycles. The third-order valence-corrected chi connectivity index (χ3v) is 4.61. The van der Waals surface area contributed by atoms with Gasteiger partial charge in [0.15, 0.2) is 0 Å². The summed E-state index contributed by atoms with van der Waals surface area (Å²) in [6.07, 6.45) is 7.20. The zero-order valence-electron chi connectivity index (χ0n) is 10.7. The van der Waals surface area contributed by atoms with Gasteiger partial charge in [-0.05, 0) is 32.7 Å². The molecule has 0 aliphatic heterocycles. The van der Waals surface area contributed by atoms with Crippen LogP contribution in [0.25, 0.3) is 0 Å². The van der Waals surface area contributed by atoms with Gasteiger partial charge >= 0.3 is 0 Å². The van der Waals surface area contributed by atoms with Gasteiger partial charge in [-0.15, -0.1) is 11.3 Å². The highest BCUT2D eigenvalue weighted by molar-refractivity contribution is 7.09. The smallest absolute Gasteiger partial charge is 0.0940 e. The van der Waals surface area contributed by atoms with Crippen LogP contribution in [0.5, 0.6) is 0 Å². The van der Waals surface area contributed by atoms with Crippen molar-refractivity contribution in [2.45, 2.75) is 51.0 Å². The lowest BCUT2D eigenvalue weighted by Crippen LogP contribution is -2.39. The molecule has 96 valence electrons.